The lowest BCUT2D eigenvalue weighted by Crippen LogP contribution is -2.46. The Labute approximate surface area is 147 Å². The van der Waals surface area contributed by atoms with Crippen LogP contribution >= 0.6 is 11.6 Å². The van der Waals surface area contributed by atoms with Crippen LogP contribution in [0, 0.1) is 0 Å². The van der Waals surface area contributed by atoms with E-state index in [2.05, 4.69) is 23.1 Å². The Morgan fingerprint density at radius 3 is 2.67 bits per heavy atom. The molecule has 1 aliphatic rings. The fourth-order valence-corrected chi connectivity index (χ4v) is 3.36. The number of rotatable bonds is 5. The predicted octanol–water partition coefficient (Wildman–Crippen LogP) is 3.00. The molecule has 1 amide bonds. The third kappa shape index (κ3) is 4.15. The first kappa shape index (κ1) is 17.0. The first-order valence-electron chi connectivity index (χ1n) is 8.23. The van der Waals surface area contributed by atoms with Crippen molar-refractivity contribution < 1.29 is 4.79 Å². The molecule has 0 radical (unpaired) electrons. The summed E-state index contributed by atoms with van der Waals surface area (Å²) in [5, 5.41) is 3.80. The molecule has 0 aliphatic carbocycles. The third-order valence-electron chi connectivity index (χ3n) is 4.40. The van der Waals surface area contributed by atoms with Gasteiger partial charge in [-0.2, -0.15) is 0 Å². The fourth-order valence-electron chi connectivity index (χ4n) is 3.16. The minimum atomic E-state index is -0.151. The van der Waals surface area contributed by atoms with Crippen molar-refractivity contribution >= 4 is 17.5 Å². The molecule has 3 rings (SSSR count). The molecule has 2 aromatic rings. The second-order valence-corrected chi connectivity index (χ2v) is 6.63. The van der Waals surface area contributed by atoms with Gasteiger partial charge in [0.15, 0.2) is 0 Å². The van der Waals surface area contributed by atoms with Crippen LogP contribution in [0.2, 0.25) is 5.02 Å². The van der Waals surface area contributed by atoms with Gasteiger partial charge in [-0.1, -0.05) is 54.1 Å². The number of hydrogen-bond donors (Lipinski definition) is 3. The molecule has 0 aromatic heterocycles. The first-order chi connectivity index (χ1) is 11.6. The third-order valence-corrected chi connectivity index (χ3v) is 4.63. The van der Waals surface area contributed by atoms with Crippen molar-refractivity contribution in [2.24, 2.45) is 0 Å². The van der Waals surface area contributed by atoms with Gasteiger partial charge in [-0.3, -0.25) is 10.2 Å². The average Bonchev–Trinajstić information content (AvgIpc) is 2.94. The van der Waals surface area contributed by atoms with Gasteiger partial charge in [-0.05, 0) is 36.6 Å². The van der Waals surface area contributed by atoms with Crippen LogP contribution in [0.1, 0.15) is 30.4 Å². The summed E-state index contributed by atoms with van der Waals surface area (Å²) < 4.78 is 0. The van der Waals surface area contributed by atoms with Gasteiger partial charge < -0.3 is 5.32 Å². The molecule has 3 atom stereocenters. The Morgan fingerprint density at radius 2 is 1.92 bits per heavy atom. The highest BCUT2D eigenvalue weighted by Crippen LogP contribution is 2.27. The summed E-state index contributed by atoms with van der Waals surface area (Å²) in [6, 6.07) is 18.1. The molecule has 3 N–H and O–H groups in total. The molecule has 24 heavy (non-hydrogen) atoms. The fraction of sp³-hybridized carbons (Fsp3) is 0.316. The lowest BCUT2D eigenvalue weighted by Gasteiger charge is -2.22. The molecular weight excluding hydrogens is 322 g/mol. The van der Waals surface area contributed by atoms with Gasteiger partial charge >= 0.3 is 0 Å². The summed E-state index contributed by atoms with van der Waals surface area (Å²) in [4.78, 5) is 12.3. The minimum absolute atomic E-state index is 0.0410. The SMILES string of the molecule is CC1NNC(NC(=O)CCc2ccccc2)C1c1cccc(Cl)c1. The first-order valence-corrected chi connectivity index (χ1v) is 8.61. The maximum absolute atomic E-state index is 12.3. The van der Waals surface area contributed by atoms with Gasteiger partial charge in [0.2, 0.25) is 5.91 Å². The van der Waals surface area contributed by atoms with E-state index in [0.29, 0.717) is 11.4 Å². The molecule has 4 nitrogen and oxygen atoms in total. The highest BCUT2D eigenvalue weighted by molar-refractivity contribution is 6.30. The molecule has 1 fully saturated rings. The summed E-state index contributed by atoms with van der Waals surface area (Å²) in [6.07, 6.45) is 1.06. The van der Waals surface area contributed by atoms with Gasteiger partial charge in [0.25, 0.3) is 0 Å². The van der Waals surface area contributed by atoms with Crippen molar-refractivity contribution in [2.45, 2.75) is 37.9 Å². The van der Waals surface area contributed by atoms with Crippen LogP contribution in [0.15, 0.2) is 54.6 Å². The Bertz CT molecular complexity index is 692. The number of aryl methyl sites for hydroxylation is 1. The van der Waals surface area contributed by atoms with E-state index >= 15 is 0 Å². The summed E-state index contributed by atoms with van der Waals surface area (Å²) in [5.74, 6) is 0.170. The molecule has 1 saturated heterocycles. The molecule has 5 heteroatoms. The molecule has 1 aliphatic heterocycles. The highest BCUT2D eigenvalue weighted by atomic mass is 35.5. The van der Waals surface area contributed by atoms with Gasteiger partial charge in [-0.25, -0.2) is 5.43 Å². The van der Waals surface area contributed by atoms with Crippen LogP contribution in [0.25, 0.3) is 0 Å². The second kappa shape index (κ2) is 7.79. The smallest absolute Gasteiger partial charge is 0.221 e. The molecule has 126 valence electrons. The van der Waals surface area contributed by atoms with Crippen LogP contribution in [-0.4, -0.2) is 18.1 Å². The number of hydrazine groups is 1. The van der Waals surface area contributed by atoms with E-state index in [1.54, 1.807) is 0 Å². The topological polar surface area (TPSA) is 53.2 Å². The van der Waals surface area contributed by atoms with Crippen molar-refractivity contribution in [2.75, 3.05) is 0 Å². The van der Waals surface area contributed by atoms with Crippen molar-refractivity contribution in [1.29, 1.82) is 0 Å². The van der Waals surface area contributed by atoms with Crippen molar-refractivity contribution in [3.05, 3.63) is 70.7 Å². The van der Waals surface area contributed by atoms with Crippen LogP contribution in [-0.2, 0) is 11.2 Å². The Morgan fingerprint density at radius 1 is 1.12 bits per heavy atom. The predicted molar refractivity (Wildman–Crippen MR) is 96.6 cm³/mol. The molecule has 0 saturated carbocycles. The van der Waals surface area contributed by atoms with Gasteiger partial charge in [0, 0.05) is 23.4 Å². The average molecular weight is 344 g/mol. The van der Waals surface area contributed by atoms with Crippen molar-refractivity contribution in [3.8, 4) is 0 Å². The van der Waals surface area contributed by atoms with Crippen LogP contribution in [0.3, 0.4) is 0 Å². The summed E-state index contributed by atoms with van der Waals surface area (Å²) in [7, 11) is 0. The number of nitrogens with one attached hydrogen (secondary N) is 3. The summed E-state index contributed by atoms with van der Waals surface area (Å²) >= 11 is 6.11. The molecule has 0 bridgehead atoms. The lowest BCUT2D eigenvalue weighted by atomic mass is 9.91. The molecular formula is C19H22ClN3O. The molecule has 3 unspecified atom stereocenters. The summed E-state index contributed by atoms with van der Waals surface area (Å²) in [6.45, 7) is 2.09. The normalized spacial score (nSPS) is 23.2. The van der Waals surface area contributed by atoms with Crippen molar-refractivity contribution in [3.63, 3.8) is 0 Å². The van der Waals surface area contributed by atoms with E-state index in [-0.39, 0.29) is 24.0 Å². The number of halogens is 1. The van der Waals surface area contributed by atoms with E-state index in [4.69, 9.17) is 11.6 Å². The zero-order valence-corrected chi connectivity index (χ0v) is 14.4. The standard InChI is InChI=1S/C19H22ClN3O/c1-13-18(15-8-5-9-16(20)12-15)19(23-22-13)21-17(24)11-10-14-6-3-2-4-7-14/h2-9,12-13,18-19,22-23H,10-11H2,1H3,(H,21,24). The second-order valence-electron chi connectivity index (χ2n) is 6.19. The quantitative estimate of drug-likeness (QED) is 0.782. The molecule has 1 heterocycles. The van der Waals surface area contributed by atoms with Gasteiger partial charge in [-0.15, -0.1) is 0 Å². The van der Waals surface area contributed by atoms with E-state index < -0.39 is 0 Å². The lowest BCUT2D eigenvalue weighted by molar-refractivity contribution is -0.122. The minimum Gasteiger partial charge on any atom is -0.339 e. The largest absolute Gasteiger partial charge is 0.339 e. The molecule has 0 spiro atoms. The molecule has 2 aromatic carbocycles. The highest BCUT2D eigenvalue weighted by Gasteiger charge is 2.35. The number of benzene rings is 2. The van der Waals surface area contributed by atoms with Crippen LogP contribution in [0.4, 0.5) is 0 Å². The monoisotopic (exact) mass is 343 g/mol. The maximum Gasteiger partial charge on any atom is 0.221 e. The zero-order chi connectivity index (χ0) is 16.9. The van der Waals surface area contributed by atoms with Gasteiger partial charge in [0.1, 0.15) is 6.17 Å². The number of carbonyl (C=O) groups is 1. The van der Waals surface area contributed by atoms with E-state index in [9.17, 15) is 4.79 Å². The van der Waals surface area contributed by atoms with Crippen LogP contribution in [0.5, 0.6) is 0 Å². The van der Waals surface area contributed by atoms with Crippen molar-refractivity contribution in [1.82, 2.24) is 16.2 Å². The Balaban J connectivity index is 1.62. The maximum atomic E-state index is 12.3. The number of hydrogen-bond acceptors (Lipinski definition) is 3. The van der Waals surface area contributed by atoms with E-state index in [1.807, 2.05) is 54.6 Å². The van der Waals surface area contributed by atoms with E-state index in [0.717, 1.165) is 12.0 Å². The van der Waals surface area contributed by atoms with Gasteiger partial charge in [0.05, 0.1) is 0 Å². The summed E-state index contributed by atoms with van der Waals surface area (Å²) in [5.41, 5.74) is 8.67. The zero-order valence-electron chi connectivity index (χ0n) is 13.6. The van der Waals surface area contributed by atoms with E-state index in [1.165, 1.54) is 5.56 Å². The van der Waals surface area contributed by atoms with Crippen LogP contribution < -0.4 is 16.2 Å². The Hall–Kier alpha value is -1.88. The number of carbonyl (C=O) groups excluding carboxylic acids is 1. The number of amides is 1. The Kier molecular flexibility index (Phi) is 5.51.